The molecule has 9 amide bonds. The lowest BCUT2D eigenvalue weighted by Gasteiger charge is -2.63. The number of carbonyl (C=O) groups is 10. The smallest absolute Gasteiger partial charge is 0.407 e. The number of hydrogen-bond acceptors (Lipinski definition) is 26. The quantitative estimate of drug-likeness (QED) is 0.0213. The number of quaternary nitrogens is 1. The van der Waals surface area contributed by atoms with E-state index in [2.05, 4.69) is 80.8 Å². The molecule has 1 aromatic rings. The van der Waals surface area contributed by atoms with Crippen molar-refractivity contribution >= 4 is 64.8 Å². The summed E-state index contributed by atoms with van der Waals surface area (Å²) in [4.78, 5) is 134. The van der Waals surface area contributed by atoms with Crippen molar-refractivity contribution in [2.45, 2.75) is 230 Å². The zero-order valence-electron chi connectivity index (χ0n) is 79.8. The second kappa shape index (κ2) is 55.1. The number of aliphatic hydroxyl groups excluding tert-OH is 1. The standard InChI is InChI=1S/C96H150F2N12O24/c1-9-20-85-133-81-59-71-72-58-74(97)73-57-66(111)31-34-93(73,4)95(72,98)79(112)60-94(71,5)96(81,134-85)80(113)62-130-67-29-27-65(28-30-67)106-88(117)77(25-19-36-104-91(100)120)108-90(119)87(64(2)3)109-89(118)76(107-83(115)33-42-123-46-50-127-54-56-129-52-48-125-44-39-105-92(121)132-61-70-68-21-13-10-11-14-22-69(68)70)24-17-18-35-102-84(116)63-131-78-26-16-12-15-23-75(86(78)99)101-38-43-124-47-51-128-55-53-126-49-45-122-41-32-82(114)103-37-40-110(6,7)8/h27-31,34,57,64,68-72,74,76-79,81,85,87,101,112H,9,12-26,32-33,35-56,58-63,99H2,1-8H3,(H9-,100,102,103,104,105,106,107,108,109,114,115,116,117,118,119,120,121)/p+1/t68-,69+,70?,71-,72-,74-,76+,77-,78?,79-,81+,85?,87-,93-,94-,95-,96+/m0/s1. The fraction of sp³-hybridized carbons (Fsp3) is 0.750. The minimum absolute atomic E-state index is 0.0196. The van der Waals surface area contributed by atoms with Gasteiger partial charge < -0.3 is 130 Å². The van der Waals surface area contributed by atoms with Crippen LogP contribution in [-0.2, 0) is 95.2 Å². The Kier molecular flexibility index (Phi) is 44.9. The number of carbonyl (C=O) groups excluding carboxylic acids is 10. The van der Waals surface area contributed by atoms with Gasteiger partial charge in [-0.25, -0.2) is 18.4 Å². The number of anilines is 1. The number of halogens is 2. The Morgan fingerprint density at radius 2 is 1.25 bits per heavy atom. The zero-order valence-corrected chi connectivity index (χ0v) is 79.8. The number of nitrogens with two attached hydrogens (primary N) is 2. The number of unbranched alkanes of at least 4 members (excludes halogenated alkanes) is 1. The molecule has 8 aliphatic rings. The van der Waals surface area contributed by atoms with E-state index in [0.717, 1.165) is 67.7 Å². The lowest BCUT2D eigenvalue weighted by atomic mass is 9.44. The first-order valence-corrected chi connectivity index (χ1v) is 48.3. The fourth-order valence-electron chi connectivity index (χ4n) is 19.4. The highest BCUT2D eigenvalue weighted by Crippen LogP contribution is 2.72. The number of nitrogens with one attached hydrogen (secondary N) is 9. The van der Waals surface area contributed by atoms with Crippen LogP contribution in [0, 0.1) is 58.2 Å². The molecule has 752 valence electrons. The third-order valence-electron chi connectivity index (χ3n) is 26.7. The number of primary amides is 1. The van der Waals surface area contributed by atoms with Crippen LogP contribution >= 0.6 is 0 Å². The molecular formula is C96H151F2N12O24+. The highest BCUT2D eigenvalue weighted by atomic mass is 19.1. The molecule has 1 aromatic carbocycles. The second-order valence-electron chi connectivity index (χ2n) is 37.7. The normalized spacial score (nSPS) is 26.3. The Balaban J connectivity index is 0.731. The predicted molar refractivity (Wildman–Crippen MR) is 491 cm³/mol. The van der Waals surface area contributed by atoms with Crippen LogP contribution in [0.5, 0.6) is 5.75 Å². The van der Waals surface area contributed by atoms with Crippen LogP contribution in [-0.4, -0.2) is 315 Å². The van der Waals surface area contributed by atoms with Crippen LogP contribution in [0.25, 0.3) is 0 Å². The number of Topliss-reactive ketones (excluding diaryl/α,β-unsaturated/α-hetero) is 1. The third-order valence-corrected chi connectivity index (χ3v) is 26.7. The van der Waals surface area contributed by atoms with Crippen LogP contribution in [0.2, 0.25) is 0 Å². The van der Waals surface area contributed by atoms with E-state index in [1.54, 1.807) is 20.8 Å². The van der Waals surface area contributed by atoms with E-state index in [9.17, 15) is 48.3 Å². The van der Waals surface area contributed by atoms with E-state index < -0.39 is 143 Å². The number of ether oxygens (including phenoxy) is 13. The van der Waals surface area contributed by atoms with Crippen molar-refractivity contribution in [3.63, 3.8) is 0 Å². The highest BCUT2D eigenvalue weighted by Gasteiger charge is 2.80. The van der Waals surface area contributed by atoms with Crippen LogP contribution in [0.15, 0.2) is 59.5 Å². The topological polar surface area (TPSA) is 471 Å². The molecule has 134 heavy (non-hydrogen) atoms. The van der Waals surface area contributed by atoms with Crippen molar-refractivity contribution in [2.24, 2.45) is 57.8 Å². The van der Waals surface area contributed by atoms with E-state index in [1.165, 1.54) is 43.3 Å². The molecule has 14 N–H and O–H groups in total. The minimum Gasteiger partial charge on any atom is -0.486 e. The number of nitrogens with zero attached hydrogens (tertiary/aromatic N) is 1. The number of amides is 9. The number of ketones is 2. The van der Waals surface area contributed by atoms with Gasteiger partial charge in [0.1, 0.15) is 43.3 Å². The second-order valence-corrected chi connectivity index (χ2v) is 37.7. The third kappa shape index (κ3) is 32.5. The van der Waals surface area contributed by atoms with Crippen molar-refractivity contribution in [3.05, 3.63) is 59.5 Å². The van der Waals surface area contributed by atoms with E-state index in [1.807, 2.05) is 6.92 Å². The Morgan fingerprint density at radius 1 is 0.649 bits per heavy atom. The molecule has 4 saturated carbocycles. The first-order chi connectivity index (χ1) is 64.3. The maximum atomic E-state index is 18.2. The fourth-order valence-corrected chi connectivity index (χ4v) is 19.4. The maximum Gasteiger partial charge on any atom is 0.407 e. The summed E-state index contributed by atoms with van der Waals surface area (Å²) in [5.41, 5.74) is 6.66. The van der Waals surface area contributed by atoms with Gasteiger partial charge >= 0.3 is 12.1 Å². The van der Waals surface area contributed by atoms with E-state index in [-0.39, 0.29) is 133 Å². The maximum absolute atomic E-state index is 18.2. The van der Waals surface area contributed by atoms with Gasteiger partial charge in [-0.3, -0.25) is 38.4 Å². The number of likely N-dealkylation sites (N-methyl/N-ethyl adjacent to an activating group) is 1. The number of urea groups is 1. The summed E-state index contributed by atoms with van der Waals surface area (Å²) in [6, 6.07) is 1.50. The summed E-state index contributed by atoms with van der Waals surface area (Å²) in [5.74, 6) is 1.73. The van der Waals surface area contributed by atoms with Gasteiger partial charge in [0.2, 0.25) is 41.2 Å². The van der Waals surface area contributed by atoms with Crippen molar-refractivity contribution in [1.29, 1.82) is 0 Å². The van der Waals surface area contributed by atoms with Crippen molar-refractivity contribution in [1.82, 2.24) is 42.5 Å². The van der Waals surface area contributed by atoms with Crippen LogP contribution < -0.4 is 64.1 Å². The largest absolute Gasteiger partial charge is 0.486 e. The van der Waals surface area contributed by atoms with Crippen LogP contribution in [0.1, 0.15) is 169 Å². The summed E-state index contributed by atoms with van der Waals surface area (Å²) in [5, 5.41) is 37.8. The van der Waals surface area contributed by atoms with Gasteiger partial charge in [0, 0.05) is 80.0 Å². The van der Waals surface area contributed by atoms with Crippen LogP contribution in [0.3, 0.4) is 0 Å². The van der Waals surface area contributed by atoms with Crippen LogP contribution in [0.4, 0.5) is 24.1 Å². The van der Waals surface area contributed by atoms with Gasteiger partial charge in [-0.1, -0.05) is 53.0 Å². The molecule has 0 aromatic heterocycles. The number of hydrogen-bond donors (Lipinski definition) is 12. The molecule has 1 saturated heterocycles. The molecule has 0 radical (unpaired) electrons. The van der Waals surface area contributed by atoms with Crippen molar-refractivity contribution < 1.29 is 128 Å². The van der Waals surface area contributed by atoms with Gasteiger partial charge in [-0.15, -0.1) is 11.8 Å². The summed E-state index contributed by atoms with van der Waals surface area (Å²) < 4.78 is 111. The Hall–Kier alpha value is -8.56. The van der Waals surface area contributed by atoms with Gasteiger partial charge in [-0.05, 0) is 168 Å². The Bertz CT molecular complexity index is 4100. The minimum atomic E-state index is -2.40. The molecule has 0 spiro atoms. The summed E-state index contributed by atoms with van der Waals surface area (Å²) in [6.45, 7) is 15.4. The molecule has 3 unspecified atom stereocenters. The Morgan fingerprint density at radius 3 is 1.87 bits per heavy atom. The van der Waals surface area contributed by atoms with Gasteiger partial charge in [0.15, 0.2) is 23.3 Å². The number of allylic oxidation sites excluding steroid dienone is 5. The number of rotatable bonds is 62. The highest BCUT2D eigenvalue weighted by molar-refractivity contribution is 6.02. The monoisotopic (exact) mass is 1890 g/mol. The lowest BCUT2D eigenvalue weighted by molar-refractivity contribution is -0.869. The first-order valence-electron chi connectivity index (χ1n) is 48.3. The molecule has 0 bridgehead atoms. The summed E-state index contributed by atoms with van der Waals surface area (Å²) in [7, 11) is 6.21. The molecule has 9 rings (SSSR count). The van der Waals surface area contributed by atoms with Crippen molar-refractivity contribution in [3.8, 4) is 17.6 Å². The molecule has 38 heteroatoms. The van der Waals surface area contributed by atoms with E-state index >= 15 is 13.6 Å². The first kappa shape index (κ1) is 109. The molecular weight excluding hydrogens is 1740 g/mol. The van der Waals surface area contributed by atoms with E-state index in [0.29, 0.717) is 161 Å². The number of alkyl carbamates (subject to hydrolysis) is 1. The molecule has 7 aliphatic carbocycles. The number of benzene rings is 1. The molecule has 36 nitrogen and oxygen atoms in total. The average molecular weight is 1900 g/mol. The summed E-state index contributed by atoms with van der Waals surface area (Å²) in [6.07, 6.45) is 7.27. The molecule has 1 aliphatic heterocycles. The molecule has 1 heterocycles. The summed E-state index contributed by atoms with van der Waals surface area (Å²) >= 11 is 0. The number of fused-ring (bicyclic) bond motifs is 8. The molecule has 5 fully saturated rings. The zero-order chi connectivity index (χ0) is 96.7. The van der Waals surface area contributed by atoms with Gasteiger partial charge in [0.25, 0.3) is 0 Å². The predicted octanol–water partition coefficient (Wildman–Crippen LogP) is 5.64. The number of aliphatic hydroxyl groups is 1. The molecule has 17 atom stereocenters. The van der Waals surface area contributed by atoms with E-state index in [4.69, 9.17) is 73.0 Å². The van der Waals surface area contributed by atoms with Gasteiger partial charge in [0.05, 0.1) is 171 Å². The average Bonchev–Trinajstić information content (AvgIpc) is 1.40. The SMILES string of the molecule is CCCC1O[C@@H]2C[C@H]3[C@@H]4C[C@H](F)C5=CC(=O)C=C[C@]5(C)[C@@]4(F)[C@@H](O)C[C@]3(C)[C@]2(C(=O)COc2ccc(NC(=O)[C@H](CCCNC(N)=O)NC(=O)[C@@H](NC(=O)[C@@H](CCCCNC(=O)COC3CCCCCC(NCCOCCOCCOCCOCCC(=O)NCC[N+](C)(C)C)=C3N)NC(=O)CCOCCOCCOCCOCCNC(=O)OCC3[C@H]4CCC#CCC[C@@H]34)C(C)C)cc2)O1. The van der Waals surface area contributed by atoms with Crippen molar-refractivity contribution in [2.75, 3.05) is 191 Å². The van der Waals surface area contributed by atoms with Gasteiger partial charge in [-0.2, -0.15) is 0 Å². The number of alkyl halides is 2. The Labute approximate surface area is 787 Å². The lowest BCUT2D eigenvalue weighted by Crippen LogP contribution is -2.71.